The van der Waals surface area contributed by atoms with Crippen LogP contribution in [0.15, 0.2) is 29.3 Å². The zero-order valence-electron chi connectivity index (χ0n) is 14.5. The van der Waals surface area contributed by atoms with E-state index in [9.17, 15) is 0 Å². The number of rotatable bonds is 8. The van der Waals surface area contributed by atoms with E-state index >= 15 is 0 Å². The Hall–Kier alpha value is -0.820. The molecule has 1 saturated carbocycles. The van der Waals surface area contributed by atoms with Crippen LogP contribution >= 0.6 is 24.0 Å². The minimum atomic E-state index is 0. The molecule has 0 bridgehead atoms. The second-order valence-electron chi connectivity index (χ2n) is 6.00. The Bertz CT molecular complexity index is 501. The topological polar surface area (TPSA) is 45.6 Å². The van der Waals surface area contributed by atoms with Gasteiger partial charge in [-0.05, 0) is 44.2 Å². The normalized spacial score (nSPS) is 15.7. The van der Waals surface area contributed by atoms with Crippen LogP contribution in [0.2, 0.25) is 0 Å². The van der Waals surface area contributed by atoms with Crippen LogP contribution in [-0.2, 0) is 10.2 Å². The van der Waals surface area contributed by atoms with Crippen molar-refractivity contribution in [3.8, 4) is 0 Å². The van der Waals surface area contributed by atoms with Gasteiger partial charge in [-0.15, -0.1) is 24.0 Å². The molecule has 2 N–H and O–H groups in total. The summed E-state index contributed by atoms with van der Waals surface area (Å²) < 4.78 is 5.34. The van der Waals surface area contributed by atoms with Gasteiger partial charge in [-0.3, -0.25) is 4.99 Å². The van der Waals surface area contributed by atoms with Crippen molar-refractivity contribution in [2.24, 2.45) is 4.99 Å². The van der Waals surface area contributed by atoms with Crippen molar-refractivity contribution >= 4 is 29.9 Å². The molecule has 2 rings (SSSR count). The molecule has 0 heterocycles. The molecule has 23 heavy (non-hydrogen) atoms. The zero-order valence-corrected chi connectivity index (χ0v) is 16.9. The van der Waals surface area contributed by atoms with E-state index in [-0.39, 0.29) is 24.0 Å². The van der Waals surface area contributed by atoms with E-state index in [4.69, 9.17) is 4.74 Å². The smallest absolute Gasteiger partial charge is 0.191 e. The quantitative estimate of drug-likeness (QED) is 0.288. The molecule has 0 unspecified atom stereocenters. The molecule has 1 aliphatic rings. The number of nitrogens with zero attached hydrogens (tertiary/aromatic N) is 1. The molecule has 1 aliphatic carbocycles. The lowest BCUT2D eigenvalue weighted by Crippen LogP contribution is -2.41. The Morgan fingerprint density at radius 3 is 2.61 bits per heavy atom. The molecule has 1 aromatic rings. The van der Waals surface area contributed by atoms with Gasteiger partial charge < -0.3 is 15.4 Å². The van der Waals surface area contributed by atoms with E-state index in [1.807, 2.05) is 14.0 Å². The predicted octanol–water partition coefficient (Wildman–Crippen LogP) is 3.24. The van der Waals surface area contributed by atoms with E-state index in [0.29, 0.717) is 5.41 Å². The second kappa shape index (κ2) is 10.1. The predicted molar refractivity (Wildman–Crippen MR) is 108 cm³/mol. The molecular weight excluding hydrogens is 401 g/mol. The number of halogens is 1. The van der Waals surface area contributed by atoms with Crippen LogP contribution < -0.4 is 10.6 Å². The molecule has 0 saturated heterocycles. The Kier molecular flexibility index (Phi) is 8.91. The number of aryl methyl sites for hydroxylation is 1. The van der Waals surface area contributed by atoms with E-state index in [2.05, 4.69) is 46.8 Å². The second-order valence-corrected chi connectivity index (χ2v) is 6.00. The molecule has 0 amide bonds. The van der Waals surface area contributed by atoms with E-state index in [1.165, 1.54) is 24.0 Å². The van der Waals surface area contributed by atoms with Crippen LogP contribution in [0.1, 0.15) is 37.3 Å². The highest BCUT2D eigenvalue weighted by atomic mass is 127. The average molecular weight is 431 g/mol. The maximum atomic E-state index is 5.34. The lowest BCUT2D eigenvalue weighted by atomic mass is 9.92. The molecule has 4 nitrogen and oxygen atoms in total. The van der Waals surface area contributed by atoms with Crippen LogP contribution in [0.25, 0.3) is 0 Å². The van der Waals surface area contributed by atoms with E-state index < -0.39 is 0 Å². The first-order valence-electron chi connectivity index (χ1n) is 8.30. The summed E-state index contributed by atoms with van der Waals surface area (Å²) in [5.74, 6) is 0.886. The third kappa shape index (κ3) is 5.95. The molecule has 1 fully saturated rings. The molecule has 130 valence electrons. The van der Waals surface area contributed by atoms with Gasteiger partial charge in [-0.1, -0.05) is 24.3 Å². The van der Waals surface area contributed by atoms with Crippen molar-refractivity contribution in [2.75, 3.05) is 33.4 Å². The van der Waals surface area contributed by atoms with Crippen molar-refractivity contribution in [3.63, 3.8) is 0 Å². The van der Waals surface area contributed by atoms with Gasteiger partial charge in [0.2, 0.25) is 0 Å². The monoisotopic (exact) mass is 431 g/mol. The van der Waals surface area contributed by atoms with Gasteiger partial charge in [-0.2, -0.15) is 0 Å². The van der Waals surface area contributed by atoms with Crippen molar-refractivity contribution in [3.05, 3.63) is 35.4 Å². The minimum Gasteiger partial charge on any atom is -0.382 e. The summed E-state index contributed by atoms with van der Waals surface area (Å²) in [4.78, 5) is 4.31. The number of hydrogen-bond acceptors (Lipinski definition) is 2. The molecule has 0 radical (unpaired) electrons. The fraction of sp³-hybridized carbons (Fsp3) is 0.611. The number of aliphatic imine (C=N–C) groups is 1. The SMILES string of the molecule is CCOCCCNC(=NC)NCC1(c2ccccc2C)CC1.I. The number of hydrogen-bond donors (Lipinski definition) is 2. The number of guanidine groups is 1. The van der Waals surface area contributed by atoms with Gasteiger partial charge in [0, 0.05) is 38.8 Å². The third-order valence-electron chi connectivity index (χ3n) is 4.35. The summed E-state index contributed by atoms with van der Waals surface area (Å²) in [5.41, 5.74) is 3.17. The number of nitrogens with one attached hydrogen (secondary N) is 2. The summed E-state index contributed by atoms with van der Waals surface area (Å²) >= 11 is 0. The van der Waals surface area contributed by atoms with Gasteiger partial charge in [0.05, 0.1) is 0 Å². The van der Waals surface area contributed by atoms with Crippen molar-refractivity contribution in [1.29, 1.82) is 0 Å². The summed E-state index contributed by atoms with van der Waals surface area (Å²) in [5, 5.41) is 6.84. The molecule has 0 spiro atoms. The first-order chi connectivity index (χ1) is 10.7. The molecule has 5 heteroatoms. The Morgan fingerprint density at radius 2 is 2.00 bits per heavy atom. The molecule has 0 atom stereocenters. The highest BCUT2D eigenvalue weighted by molar-refractivity contribution is 14.0. The molecule has 1 aromatic carbocycles. The van der Waals surface area contributed by atoms with Crippen molar-refractivity contribution in [1.82, 2.24) is 10.6 Å². The maximum Gasteiger partial charge on any atom is 0.191 e. The first kappa shape index (κ1) is 20.2. The molecular formula is C18H30IN3O. The fourth-order valence-corrected chi connectivity index (χ4v) is 2.86. The number of benzene rings is 1. The summed E-state index contributed by atoms with van der Waals surface area (Å²) in [6.45, 7) is 7.64. The lowest BCUT2D eigenvalue weighted by Gasteiger charge is -2.20. The van der Waals surface area contributed by atoms with Gasteiger partial charge in [0.15, 0.2) is 5.96 Å². The highest BCUT2D eigenvalue weighted by Crippen LogP contribution is 2.48. The largest absolute Gasteiger partial charge is 0.382 e. The van der Waals surface area contributed by atoms with Gasteiger partial charge in [0.1, 0.15) is 0 Å². The van der Waals surface area contributed by atoms with Crippen LogP contribution in [-0.4, -0.2) is 39.3 Å². The standard InChI is InChI=1S/C18H29N3O.HI/c1-4-22-13-7-12-20-17(19-3)21-14-18(10-11-18)16-9-6-5-8-15(16)2;/h5-6,8-9H,4,7,10-14H2,1-3H3,(H2,19,20,21);1H. The summed E-state index contributed by atoms with van der Waals surface area (Å²) in [7, 11) is 1.82. The first-order valence-corrected chi connectivity index (χ1v) is 8.30. The fourth-order valence-electron chi connectivity index (χ4n) is 2.86. The molecule has 0 aromatic heterocycles. The molecule has 0 aliphatic heterocycles. The highest BCUT2D eigenvalue weighted by Gasteiger charge is 2.44. The number of ether oxygens (including phenoxy) is 1. The zero-order chi connectivity index (χ0) is 15.8. The maximum absolute atomic E-state index is 5.34. The summed E-state index contributed by atoms with van der Waals surface area (Å²) in [6, 6.07) is 8.73. The van der Waals surface area contributed by atoms with Crippen LogP contribution in [0.3, 0.4) is 0 Å². The van der Waals surface area contributed by atoms with Crippen LogP contribution in [0, 0.1) is 6.92 Å². The van der Waals surface area contributed by atoms with Crippen LogP contribution in [0.5, 0.6) is 0 Å². The Balaban J connectivity index is 0.00000264. The van der Waals surface area contributed by atoms with Crippen molar-refractivity contribution < 1.29 is 4.74 Å². The van der Waals surface area contributed by atoms with Crippen molar-refractivity contribution in [2.45, 2.75) is 38.5 Å². The average Bonchev–Trinajstić information content (AvgIpc) is 3.31. The van der Waals surface area contributed by atoms with E-state index in [0.717, 1.165) is 38.7 Å². The Morgan fingerprint density at radius 1 is 1.26 bits per heavy atom. The van der Waals surface area contributed by atoms with Gasteiger partial charge >= 0.3 is 0 Å². The van der Waals surface area contributed by atoms with Gasteiger partial charge in [-0.25, -0.2) is 0 Å². The van der Waals surface area contributed by atoms with E-state index in [1.54, 1.807) is 0 Å². The van der Waals surface area contributed by atoms with Crippen LogP contribution in [0.4, 0.5) is 0 Å². The summed E-state index contributed by atoms with van der Waals surface area (Å²) in [6.07, 6.45) is 3.51. The lowest BCUT2D eigenvalue weighted by molar-refractivity contribution is 0.145. The minimum absolute atomic E-state index is 0. The third-order valence-corrected chi connectivity index (χ3v) is 4.35. The Labute approximate surface area is 157 Å². The van der Waals surface area contributed by atoms with Gasteiger partial charge in [0.25, 0.3) is 0 Å².